The second kappa shape index (κ2) is 4.58. The van der Waals surface area contributed by atoms with Crippen molar-refractivity contribution < 1.29 is 9.15 Å². The van der Waals surface area contributed by atoms with Crippen LogP contribution in [0.5, 0.6) is 5.75 Å². The van der Waals surface area contributed by atoms with Crippen LogP contribution in [-0.4, -0.2) is 7.11 Å². The van der Waals surface area contributed by atoms with Crippen molar-refractivity contribution >= 4 is 11.0 Å². The fourth-order valence-corrected chi connectivity index (χ4v) is 1.80. The third kappa shape index (κ3) is 2.04. The predicted molar refractivity (Wildman–Crippen MR) is 64.6 cm³/mol. The van der Waals surface area contributed by atoms with E-state index in [-0.39, 0.29) is 6.04 Å². The Morgan fingerprint density at radius 3 is 2.88 bits per heavy atom. The van der Waals surface area contributed by atoms with Crippen molar-refractivity contribution in [2.45, 2.75) is 25.8 Å². The Kier molecular flexibility index (Phi) is 3.15. The minimum atomic E-state index is -0.0107. The molecule has 1 aromatic carbocycles. The van der Waals surface area contributed by atoms with Gasteiger partial charge in [-0.05, 0) is 30.7 Å². The van der Waals surface area contributed by atoms with E-state index in [2.05, 4.69) is 6.92 Å². The van der Waals surface area contributed by atoms with Crippen LogP contribution in [0.4, 0.5) is 0 Å². The zero-order chi connectivity index (χ0) is 11.5. The Hall–Kier alpha value is -1.48. The molecular weight excluding hydrogens is 202 g/mol. The normalized spacial score (nSPS) is 12.9. The highest BCUT2D eigenvalue weighted by atomic mass is 16.5. The van der Waals surface area contributed by atoms with Gasteiger partial charge in [-0.3, -0.25) is 0 Å². The molecule has 0 aliphatic heterocycles. The molecule has 2 aromatic rings. The molecule has 0 fully saturated rings. The van der Waals surface area contributed by atoms with Crippen LogP contribution >= 0.6 is 0 Å². The van der Waals surface area contributed by atoms with Gasteiger partial charge in [-0.2, -0.15) is 0 Å². The zero-order valence-corrected chi connectivity index (χ0v) is 9.69. The summed E-state index contributed by atoms with van der Waals surface area (Å²) >= 11 is 0. The Balaban J connectivity index is 2.35. The van der Waals surface area contributed by atoms with Crippen LogP contribution in [0.2, 0.25) is 0 Å². The van der Waals surface area contributed by atoms with Gasteiger partial charge in [-0.15, -0.1) is 0 Å². The van der Waals surface area contributed by atoms with Gasteiger partial charge < -0.3 is 14.9 Å². The highest BCUT2D eigenvalue weighted by Crippen LogP contribution is 2.27. The molecule has 86 valence electrons. The number of fused-ring (bicyclic) bond motifs is 1. The third-order valence-electron chi connectivity index (χ3n) is 2.71. The van der Waals surface area contributed by atoms with E-state index in [0.29, 0.717) is 0 Å². The fourth-order valence-electron chi connectivity index (χ4n) is 1.80. The zero-order valence-electron chi connectivity index (χ0n) is 9.69. The van der Waals surface area contributed by atoms with Gasteiger partial charge in [0.1, 0.15) is 17.1 Å². The van der Waals surface area contributed by atoms with Crippen molar-refractivity contribution in [3.8, 4) is 5.75 Å². The maximum absolute atomic E-state index is 6.01. The Bertz CT molecular complexity index is 476. The van der Waals surface area contributed by atoms with E-state index < -0.39 is 0 Å². The fraction of sp³-hybridized carbons (Fsp3) is 0.385. The minimum Gasteiger partial charge on any atom is -0.497 e. The molecule has 3 heteroatoms. The number of nitrogens with two attached hydrogens (primary N) is 1. The number of hydrogen-bond acceptors (Lipinski definition) is 3. The van der Waals surface area contributed by atoms with Gasteiger partial charge in [0.25, 0.3) is 0 Å². The predicted octanol–water partition coefficient (Wildman–Crippen LogP) is 3.24. The molecule has 0 saturated heterocycles. The standard InChI is InChI=1S/C13H17NO2/c1-3-4-11(14)13-8-9-7-10(15-2)5-6-12(9)16-13/h5-8,11H,3-4,14H2,1-2H3/t11-/m1/s1. The summed E-state index contributed by atoms with van der Waals surface area (Å²) in [7, 11) is 1.66. The Morgan fingerprint density at radius 1 is 1.38 bits per heavy atom. The molecule has 1 atom stereocenters. The minimum absolute atomic E-state index is 0.0107. The molecule has 0 aliphatic carbocycles. The van der Waals surface area contributed by atoms with Gasteiger partial charge in [0.15, 0.2) is 0 Å². The van der Waals surface area contributed by atoms with Crippen LogP contribution in [-0.2, 0) is 0 Å². The molecule has 0 radical (unpaired) electrons. The highest BCUT2D eigenvalue weighted by Gasteiger charge is 2.11. The monoisotopic (exact) mass is 219 g/mol. The molecule has 1 heterocycles. The smallest absolute Gasteiger partial charge is 0.134 e. The molecule has 0 saturated carbocycles. The lowest BCUT2D eigenvalue weighted by Gasteiger charge is -2.04. The summed E-state index contributed by atoms with van der Waals surface area (Å²) in [6.07, 6.45) is 2.00. The summed E-state index contributed by atoms with van der Waals surface area (Å²) in [6.45, 7) is 2.12. The first-order valence-electron chi connectivity index (χ1n) is 5.57. The number of ether oxygens (including phenoxy) is 1. The first-order chi connectivity index (χ1) is 7.74. The van der Waals surface area contributed by atoms with Gasteiger partial charge in [0, 0.05) is 5.39 Å². The van der Waals surface area contributed by atoms with Gasteiger partial charge >= 0.3 is 0 Å². The molecule has 1 aromatic heterocycles. The number of furan rings is 1. The summed E-state index contributed by atoms with van der Waals surface area (Å²) in [5, 5.41) is 1.04. The number of hydrogen-bond donors (Lipinski definition) is 1. The van der Waals surface area contributed by atoms with Crippen molar-refractivity contribution in [1.29, 1.82) is 0 Å². The number of methoxy groups -OCH3 is 1. The first-order valence-corrected chi connectivity index (χ1v) is 5.57. The maximum atomic E-state index is 6.01. The van der Waals surface area contributed by atoms with Crippen LogP contribution in [0.15, 0.2) is 28.7 Å². The van der Waals surface area contributed by atoms with Crippen LogP contribution in [0, 0.1) is 0 Å². The summed E-state index contributed by atoms with van der Waals surface area (Å²) < 4.78 is 10.9. The van der Waals surface area contributed by atoms with Gasteiger partial charge in [-0.25, -0.2) is 0 Å². The van der Waals surface area contributed by atoms with Crippen molar-refractivity contribution in [2.75, 3.05) is 7.11 Å². The second-order valence-corrected chi connectivity index (χ2v) is 3.95. The SMILES string of the molecule is CCC[C@@H](N)c1cc2cc(OC)ccc2o1. The largest absolute Gasteiger partial charge is 0.497 e. The first kappa shape index (κ1) is 11.0. The molecule has 2 N–H and O–H groups in total. The second-order valence-electron chi connectivity index (χ2n) is 3.95. The van der Waals surface area contributed by atoms with Crippen molar-refractivity contribution in [1.82, 2.24) is 0 Å². The van der Waals surface area contributed by atoms with E-state index in [1.807, 2.05) is 24.3 Å². The topological polar surface area (TPSA) is 48.4 Å². The highest BCUT2D eigenvalue weighted by molar-refractivity contribution is 5.79. The number of rotatable bonds is 4. The number of benzene rings is 1. The lowest BCUT2D eigenvalue weighted by molar-refractivity contribution is 0.415. The third-order valence-corrected chi connectivity index (χ3v) is 2.71. The van der Waals surface area contributed by atoms with Crippen LogP contribution in [0.1, 0.15) is 31.6 Å². The molecule has 16 heavy (non-hydrogen) atoms. The van der Waals surface area contributed by atoms with Crippen LogP contribution < -0.4 is 10.5 Å². The molecule has 0 aliphatic rings. The quantitative estimate of drug-likeness (QED) is 0.858. The lowest BCUT2D eigenvalue weighted by Crippen LogP contribution is -2.08. The van der Waals surface area contributed by atoms with E-state index in [1.165, 1.54) is 0 Å². The summed E-state index contributed by atoms with van der Waals surface area (Å²) in [4.78, 5) is 0. The molecule has 2 rings (SSSR count). The van der Waals surface area contributed by atoms with E-state index in [1.54, 1.807) is 7.11 Å². The summed E-state index contributed by atoms with van der Waals surface area (Å²) in [5.74, 6) is 1.69. The van der Waals surface area contributed by atoms with Crippen LogP contribution in [0.3, 0.4) is 0 Å². The molecule has 0 unspecified atom stereocenters. The average Bonchev–Trinajstić information content (AvgIpc) is 2.71. The van der Waals surface area contributed by atoms with Crippen LogP contribution in [0.25, 0.3) is 11.0 Å². The molecule has 0 spiro atoms. The Morgan fingerprint density at radius 2 is 2.19 bits per heavy atom. The van der Waals surface area contributed by atoms with Crippen molar-refractivity contribution in [3.05, 3.63) is 30.0 Å². The summed E-state index contributed by atoms with van der Waals surface area (Å²) in [6, 6.07) is 7.75. The van der Waals surface area contributed by atoms with Gasteiger partial charge in [0.05, 0.1) is 13.2 Å². The Labute approximate surface area is 95.2 Å². The maximum Gasteiger partial charge on any atom is 0.134 e. The van der Waals surface area contributed by atoms with Crippen molar-refractivity contribution in [3.63, 3.8) is 0 Å². The van der Waals surface area contributed by atoms with Gasteiger partial charge in [-0.1, -0.05) is 13.3 Å². The average molecular weight is 219 g/mol. The molecule has 0 amide bonds. The van der Waals surface area contributed by atoms with Crippen molar-refractivity contribution in [2.24, 2.45) is 5.73 Å². The lowest BCUT2D eigenvalue weighted by atomic mass is 10.1. The van der Waals surface area contributed by atoms with E-state index in [4.69, 9.17) is 14.9 Å². The van der Waals surface area contributed by atoms with E-state index in [9.17, 15) is 0 Å². The summed E-state index contributed by atoms with van der Waals surface area (Å²) in [5.41, 5.74) is 6.88. The molecular formula is C13H17NO2. The molecule has 0 bridgehead atoms. The molecule has 3 nitrogen and oxygen atoms in total. The van der Waals surface area contributed by atoms with Gasteiger partial charge in [0.2, 0.25) is 0 Å². The van der Waals surface area contributed by atoms with E-state index >= 15 is 0 Å². The van der Waals surface area contributed by atoms with E-state index in [0.717, 1.165) is 35.3 Å².